The topological polar surface area (TPSA) is 50.5 Å². The quantitative estimate of drug-likeness (QED) is 0.343. The molecule has 5 rings (SSSR count). The molecule has 4 aromatic rings. The predicted octanol–water partition coefficient (Wildman–Crippen LogP) is 6.33. The van der Waals surface area contributed by atoms with Crippen LogP contribution in [0.15, 0.2) is 77.9 Å². The second kappa shape index (κ2) is 8.64. The summed E-state index contributed by atoms with van der Waals surface area (Å²) >= 11 is 1.19. The van der Waals surface area contributed by atoms with Gasteiger partial charge >= 0.3 is 11.4 Å². The largest absolute Gasteiger partial charge is 0.416 e. The number of halogens is 3. The van der Waals surface area contributed by atoms with Crippen molar-refractivity contribution in [3.63, 3.8) is 0 Å². The molecule has 9 heteroatoms. The van der Waals surface area contributed by atoms with E-state index in [1.165, 1.54) is 22.8 Å². The fourth-order valence-electron chi connectivity index (χ4n) is 3.89. The Hall–Kier alpha value is -3.59. The molecule has 1 aliphatic rings. The Labute approximate surface area is 197 Å². The average molecular weight is 481 g/mol. The van der Waals surface area contributed by atoms with Crippen LogP contribution in [0, 0.1) is 0 Å². The van der Waals surface area contributed by atoms with E-state index in [0.717, 1.165) is 34.5 Å². The smallest absolute Gasteiger partial charge is 0.327 e. The Morgan fingerprint density at radius 1 is 0.971 bits per heavy atom. The number of aryl methyl sites for hydroxylation is 1. The van der Waals surface area contributed by atoms with E-state index in [1.807, 2.05) is 48.5 Å². The van der Waals surface area contributed by atoms with Crippen LogP contribution in [0.3, 0.4) is 0 Å². The fourth-order valence-corrected chi connectivity index (χ4v) is 4.63. The number of carbonyl (C=O) groups excluding carboxylic acids is 1. The van der Waals surface area contributed by atoms with Crippen LogP contribution >= 0.6 is 11.8 Å². The third-order valence-electron chi connectivity index (χ3n) is 5.62. The molecule has 34 heavy (non-hydrogen) atoms. The van der Waals surface area contributed by atoms with Crippen LogP contribution in [0.1, 0.15) is 16.7 Å². The second-order valence-electron chi connectivity index (χ2n) is 7.92. The molecular formula is C25H19F3N4OS. The van der Waals surface area contributed by atoms with Crippen molar-refractivity contribution in [1.82, 2.24) is 14.6 Å². The molecule has 172 valence electrons. The Morgan fingerprint density at radius 3 is 2.53 bits per heavy atom. The second-order valence-corrected chi connectivity index (χ2v) is 8.85. The van der Waals surface area contributed by atoms with E-state index in [2.05, 4.69) is 10.1 Å². The highest BCUT2D eigenvalue weighted by Gasteiger charge is 2.31. The predicted molar refractivity (Wildman–Crippen MR) is 128 cm³/mol. The van der Waals surface area contributed by atoms with E-state index < -0.39 is 11.7 Å². The summed E-state index contributed by atoms with van der Waals surface area (Å²) in [5, 5.41) is 5.92. The number of hydrogen-bond acceptors (Lipinski definition) is 4. The zero-order valence-electron chi connectivity index (χ0n) is 18.1. The van der Waals surface area contributed by atoms with E-state index in [0.29, 0.717) is 29.2 Å². The number of hydrogen-bond donors (Lipinski definition) is 0. The highest BCUT2D eigenvalue weighted by atomic mass is 32.2. The molecule has 5 nitrogen and oxygen atoms in total. The first-order valence-corrected chi connectivity index (χ1v) is 11.5. The van der Waals surface area contributed by atoms with Gasteiger partial charge in [-0.1, -0.05) is 60.3 Å². The van der Waals surface area contributed by atoms with Gasteiger partial charge in [-0.05, 0) is 29.8 Å². The monoisotopic (exact) mass is 480 g/mol. The number of aromatic nitrogens is 2. The number of amides is 1. The van der Waals surface area contributed by atoms with Crippen molar-refractivity contribution in [2.75, 3.05) is 5.75 Å². The van der Waals surface area contributed by atoms with E-state index in [-0.39, 0.29) is 5.24 Å². The van der Waals surface area contributed by atoms with Crippen LogP contribution in [0.5, 0.6) is 0 Å². The molecule has 0 radical (unpaired) electrons. The van der Waals surface area contributed by atoms with Crippen molar-refractivity contribution >= 4 is 33.7 Å². The molecule has 0 spiro atoms. The molecule has 1 amide bonds. The van der Waals surface area contributed by atoms with Crippen LogP contribution in [0.2, 0.25) is 0 Å². The molecule has 0 saturated carbocycles. The van der Waals surface area contributed by atoms with Crippen molar-refractivity contribution in [1.29, 1.82) is 0 Å². The molecule has 0 aliphatic carbocycles. The Morgan fingerprint density at radius 2 is 1.76 bits per heavy atom. The van der Waals surface area contributed by atoms with Gasteiger partial charge in [0, 0.05) is 23.9 Å². The summed E-state index contributed by atoms with van der Waals surface area (Å²) < 4.78 is 41.3. The highest BCUT2D eigenvalue weighted by molar-refractivity contribution is 8.14. The standard InChI is InChI=1S/C25H19F3N4OS/c1-31-22-11-10-17(21-15-34-24(33)32(30-21)14-16-6-3-2-4-7-16)13-20(22)29-23(31)18-8-5-9-19(12-18)25(26,27)28/h2-13H,14-15H2,1H3. The summed E-state index contributed by atoms with van der Waals surface area (Å²) in [4.78, 5) is 17.0. The first-order chi connectivity index (χ1) is 16.3. The van der Waals surface area contributed by atoms with Gasteiger partial charge in [0.1, 0.15) is 5.82 Å². The van der Waals surface area contributed by atoms with Crippen LogP contribution in [0.25, 0.3) is 22.4 Å². The van der Waals surface area contributed by atoms with Gasteiger partial charge in [0.2, 0.25) is 0 Å². The molecule has 0 fully saturated rings. The van der Waals surface area contributed by atoms with E-state index >= 15 is 0 Å². The summed E-state index contributed by atoms with van der Waals surface area (Å²) in [7, 11) is 1.78. The van der Waals surface area contributed by atoms with Crippen molar-refractivity contribution in [2.24, 2.45) is 12.1 Å². The maximum absolute atomic E-state index is 13.2. The number of nitrogens with zero attached hydrogens (tertiary/aromatic N) is 4. The van der Waals surface area contributed by atoms with Gasteiger partial charge in [0.15, 0.2) is 0 Å². The van der Waals surface area contributed by atoms with Crippen molar-refractivity contribution in [3.8, 4) is 11.4 Å². The van der Waals surface area contributed by atoms with Gasteiger partial charge < -0.3 is 4.57 Å². The van der Waals surface area contributed by atoms with E-state index in [4.69, 9.17) is 0 Å². The number of benzene rings is 3. The number of rotatable bonds is 4. The first kappa shape index (κ1) is 22.2. The molecule has 0 unspecified atom stereocenters. The summed E-state index contributed by atoms with van der Waals surface area (Å²) in [6.07, 6.45) is -4.42. The molecule has 0 saturated heterocycles. The molecule has 0 bridgehead atoms. The summed E-state index contributed by atoms with van der Waals surface area (Å²) in [6, 6.07) is 20.4. The molecular weight excluding hydrogens is 461 g/mol. The maximum atomic E-state index is 13.2. The molecule has 0 atom stereocenters. The number of carbonyl (C=O) groups is 1. The Kier molecular flexibility index (Phi) is 5.65. The minimum absolute atomic E-state index is 0.113. The Balaban J connectivity index is 1.49. The Bertz CT molecular complexity index is 1410. The SMILES string of the molecule is Cn1c(-c2cccc(C(F)(F)F)c2)nc2cc(C3=NN(Cc4ccccc4)C(=O)SC3)ccc21. The minimum Gasteiger partial charge on any atom is -0.327 e. The van der Waals surface area contributed by atoms with Crippen LogP contribution in [-0.4, -0.2) is 31.3 Å². The number of imidazole rings is 1. The van der Waals surface area contributed by atoms with Gasteiger partial charge in [0.05, 0.1) is 28.9 Å². The number of alkyl halides is 3. The van der Waals surface area contributed by atoms with E-state index in [9.17, 15) is 18.0 Å². The zero-order valence-corrected chi connectivity index (χ0v) is 18.9. The van der Waals surface area contributed by atoms with Crippen LogP contribution < -0.4 is 0 Å². The molecule has 2 heterocycles. The van der Waals surface area contributed by atoms with Crippen molar-refractivity contribution in [3.05, 3.63) is 89.5 Å². The molecule has 0 N–H and O–H groups in total. The number of fused-ring (bicyclic) bond motifs is 1. The van der Waals surface area contributed by atoms with Crippen molar-refractivity contribution < 1.29 is 18.0 Å². The lowest BCUT2D eigenvalue weighted by atomic mass is 10.1. The average Bonchev–Trinajstić information content (AvgIpc) is 3.16. The fraction of sp³-hybridized carbons (Fsp3) is 0.160. The number of hydrazone groups is 1. The van der Waals surface area contributed by atoms with Crippen LogP contribution in [-0.2, 0) is 19.8 Å². The molecule has 3 aromatic carbocycles. The van der Waals surface area contributed by atoms with Gasteiger partial charge in [-0.2, -0.15) is 18.3 Å². The molecule has 1 aliphatic heterocycles. The van der Waals surface area contributed by atoms with Gasteiger partial charge in [-0.3, -0.25) is 4.79 Å². The third kappa shape index (κ3) is 4.31. The third-order valence-corrected chi connectivity index (χ3v) is 6.50. The van der Waals surface area contributed by atoms with Gasteiger partial charge in [-0.15, -0.1) is 0 Å². The molecule has 1 aromatic heterocycles. The van der Waals surface area contributed by atoms with Crippen LogP contribution in [0.4, 0.5) is 18.0 Å². The lowest BCUT2D eigenvalue weighted by molar-refractivity contribution is -0.137. The van der Waals surface area contributed by atoms with E-state index in [1.54, 1.807) is 17.7 Å². The zero-order chi connectivity index (χ0) is 23.9. The summed E-state index contributed by atoms with van der Waals surface area (Å²) in [5.41, 5.74) is 3.65. The lowest BCUT2D eigenvalue weighted by Gasteiger charge is -2.23. The summed E-state index contributed by atoms with van der Waals surface area (Å²) in [5.74, 6) is 0.877. The maximum Gasteiger partial charge on any atom is 0.416 e. The summed E-state index contributed by atoms with van der Waals surface area (Å²) in [6.45, 7) is 0.377. The first-order valence-electron chi connectivity index (χ1n) is 10.5. The normalized spacial score (nSPS) is 14.5. The highest BCUT2D eigenvalue weighted by Crippen LogP contribution is 2.33. The van der Waals surface area contributed by atoms with Crippen molar-refractivity contribution in [2.45, 2.75) is 12.7 Å². The number of thioether (sulfide) groups is 1. The van der Waals surface area contributed by atoms with Gasteiger partial charge in [0.25, 0.3) is 0 Å². The lowest BCUT2D eigenvalue weighted by Crippen LogP contribution is -2.29. The minimum atomic E-state index is -4.42. The van der Waals surface area contributed by atoms with Gasteiger partial charge in [-0.25, -0.2) is 9.99 Å².